The van der Waals surface area contributed by atoms with Gasteiger partial charge in [-0.15, -0.1) is 0 Å². The van der Waals surface area contributed by atoms with Crippen molar-refractivity contribution in [2.45, 2.75) is 31.2 Å². The highest BCUT2D eigenvalue weighted by atomic mass is 19.4. The van der Waals surface area contributed by atoms with Crippen LogP contribution in [-0.4, -0.2) is 44.9 Å². The van der Waals surface area contributed by atoms with E-state index >= 15 is 0 Å². The minimum atomic E-state index is -4.64. The molecule has 0 bridgehead atoms. The summed E-state index contributed by atoms with van der Waals surface area (Å²) < 4.78 is 54.5. The fourth-order valence-electron chi connectivity index (χ4n) is 3.30. The molecule has 23 heavy (non-hydrogen) atoms. The average Bonchev–Trinajstić information content (AvgIpc) is 2.94. The van der Waals surface area contributed by atoms with Crippen molar-refractivity contribution in [1.82, 2.24) is 0 Å². The molecule has 3 atom stereocenters. The number of alkyl halides is 3. The maximum absolute atomic E-state index is 12.8. The summed E-state index contributed by atoms with van der Waals surface area (Å²) in [6.45, 7) is 0.734. The van der Waals surface area contributed by atoms with Gasteiger partial charge in [0.05, 0.1) is 26.3 Å². The van der Waals surface area contributed by atoms with E-state index in [-0.39, 0.29) is 6.79 Å². The van der Waals surface area contributed by atoms with E-state index in [1.54, 1.807) is 6.07 Å². The highest BCUT2D eigenvalue weighted by Crippen LogP contribution is 2.48. The molecule has 1 unspecified atom stereocenters. The Hall–Kier alpha value is -1.67. The Morgan fingerprint density at radius 2 is 2.17 bits per heavy atom. The van der Waals surface area contributed by atoms with Gasteiger partial charge in [-0.3, -0.25) is 0 Å². The molecule has 1 aromatic rings. The van der Waals surface area contributed by atoms with Crippen molar-refractivity contribution >= 4 is 0 Å². The lowest BCUT2D eigenvalue weighted by Gasteiger charge is -2.34. The Kier molecular flexibility index (Phi) is 4.05. The van der Waals surface area contributed by atoms with E-state index < -0.39 is 24.7 Å². The number of quaternary nitrogens is 1. The number of aliphatic hydroxyl groups is 1. The van der Waals surface area contributed by atoms with Crippen molar-refractivity contribution in [1.29, 1.82) is 0 Å². The van der Waals surface area contributed by atoms with E-state index in [0.717, 1.165) is 10.5 Å². The monoisotopic (exact) mass is 334 g/mol. The molecule has 0 radical (unpaired) electrons. The quantitative estimate of drug-likeness (QED) is 0.861. The summed E-state index contributed by atoms with van der Waals surface area (Å²) in [4.78, 5) is 0.901. The lowest BCUT2D eigenvalue weighted by Crippen LogP contribution is -3.10. The topological polar surface area (TPSA) is 52.4 Å². The third kappa shape index (κ3) is 2.81. The van der Waals surface area contributed by atoms with Crippen LogP contribution in [0, 0.1) is 0 Å². The van der Waals surface area contributed by atoms with Crippen LogP contribution in [0.4, 0.5) is 13.2 Å². The minimum Gasteiger partial charge on any atom is -0.492 e. The van der Waals surface area contributed by atoms with Crippen LogP contribution in [0.1, 0.15) is 23.6 Å². The molecular formula is C15H19F3NO4+. The van der Waals surface area contributed by atoms with Gasteiger partial charge in [-0.25, -0.2) is 0 Å². The average molecular weight is 334 g/mol. The smallest absolute Gasteiger partial charge is 0.414 e. The van der Waals surface area contributed by atoms with Gasteiger partial charge in [0.2, 0.25) is 12.5 Å². The van der Waals surface area contributed by atoms with E-state index in [1.807, 2.05) is 7.05 Å². The Morgan fingerprint density at radius 3 is 2.83 bits per heavy atom. The number of rotatable bonds is 3. The first kappa shape index (κ1) is 16.2. The Labute approximate surface area is 131 Å². The van der Waals surface area contributed by atoms with E-state index in [2.05, 4.69) is 0 Å². The molecule has 0 saturated carbocycles. The van der Waals surface area contributed by atoms with Crippen LogP contribution in [0.5, 0.6) is 17.2 Å². The van der Waals surface area contributed by atoms with Gasteiger partial charge in [-0.05, 0) is 11.6 Å². The molecule has 2 aliphatic rings. The second kappa shape index (κ2) is 5.76. The molecule has 0 saturated heterocycles. The third-order valence-corrected chi connectivity index (χ3v) is 4.52. The van der Waals surface area contributed by atoms with E-state index in [4.69, 9.17) is 14.2 Å². The zero-order valence-corrected chi connectivity index (χ0v) is 12.9. The summed E-state index contributed by atoms with van der Waals surface area (Å²) in [6.07, 6.45) is -6.73. The second-order valence-corrected chi connectivity index (χ2v) is 5.91. The zero-order chi connectivity index (χ0) is 16.8. The minimum absolute atomic E-state index is 0.0626. The number of methoxy groups -OCH3 is 1. The maximum atomic E-state index is 12.8. The molecule has 3 rings (SSSR count). The van der Waals surface area contributed by atoms with Crippen LogP contribution in [0.3, 0.4) is 0 Å². The number of nitrogens with one attached hydrogen (secondary N) is 1. The SMILES string of the molecule is COc1c2c(cc3c1[C@@H](C[C@H](O)C(F)(F)F)[NH+](C)CC3)OCO2. The molecule has 8 heteroatoms. The number of hydrogen-bond donors (Lipinski definition) is 2. The highest BCUT2D eigenvalue weighted by molar-refractivity contribution is 5.61. The first-order chi connectivity index (χ1) is 10.8. The lowest BCUT2D eigenvalue weighted by molar-refractivity contribution is -0.915. The van der Waals surface area contributed by atoms with Gasteiger partial charge < -0.3 is 24.2 Å². The standard InChI is InChI=1S/C15H18F3NO4/c1-19-4-3-8-5-10-13(23-7-22-10)14(21-2)12(8)9(19)6-11(20)15(16,17)18/h5,9,11,20H,3-4,6-7H2,1-2H3/p+1/t9-,11+/m1/s1. The molecule has 0 fully saturated rings. The number of ether oxygens (including phenoxy) is 3. The van der Waals surface area contributed by atoms with Gasteiger partial charge in [0, 0.05) is 12.8 Å². The van der Waals surface area contributed by atoms with E-state index in [1.165, 1.54) is 7.11 Å². The van der Waals surface area contributed by atoms with Crippen molar-refractivity contribution < 1.29 is 37.4 Å². The molecule has 0 amide bonds. The Morgan fingerprint density at radius 1 is 1.43 bits per heavy atom. The van der Waals surface area contributed by atoms with Crippen LogP contribution in [0.25, 0.3) is 0 Å². The number of benzene rings is 1. The largest absolute Gasteiger partial charge is 0.492 e. The lowest BCUT2D eigenvalue weighted by atomic mass is 9.88. The molecule has 0 aromatic heterocycles. The summed E-state index contributed by atoms with van der Waals surface area (Å²) in [5.41, 5.74) is 1.56. The predicted octanol–water partition coefficient (Wildman–Crippen LogP) is 0.849. The number of halogens is 3. The van der Waals surface area contributed by atoms with Crippen LogP contribution in [-0.2, 0) is 6.42 Å². The summed E-state index contributed by atoms with van der Waals surface area (Å²) in [5, 5.41) is 9.50. The van der Waals surface area contributed by atoms with Crippen molar-refractivity contribution in [2.24, 2.45) is 0 Å². The summed E-state index contributed by atoms with van der Waals surface area (Å²) in [7, 11) is 3.28. The maximum Gasteiger partial charge on any atom is 0.414 e. The van der Waals surface area contributed by atoms with Gasteiger partial charge in [0.25, 0.3) is 0 Å². The number of aliphatic hydroxyl groups excluding tert-OH is 1. The number of fused-ring (bicyclic) bond motifs is 2. The van der Waals surface area contributed by atoms with Gasteiger partial charge in [-0.2, -0.15) is 13.2 Å². The molecule has 128 valence electrons. The first-order valence-corrected chi connectivity index (χ1v) is 7.39. The van der Waals surface area contributed by atoms with Crippen LogP contribution >= 0.6 is 0 Å². The molecule has 2 heterocycles. The fourth-order valence-corrected chi connectivity index (χ4v) is 3.30. The van der Waals surface area contributed by atoms with Crippen molar-refractivity contribution in [3.8, 4) is 17.2 Å². The summed E-state index contributed by atoms with van der Waals surface area (Å²) in [5.74, 6) is 1.39. The molecular weight excluding hydrogens is 315 g/mol. The van der Waals surface area contributed by atoms with Crippen molar-refractivity contribution in [2.75, 3.05) is 27.5 Å². The first-order valence-electron chi connectivity index (χ1n) is 7.39. The van der Waals surface area contributed by atoms with Crippen LogP contribution in [0.15, 0.2) is 6.07 Å². The van der Waals surface area contributed by atoms with E-state index in [9.17, 15) is 18.3 Å². The number of likely N-dealkylation sites (N-methyl/N-ethyl adjacent to an activating group) is 1. The number of hydrogen-bond acceptors (Lipinski definition) is 4. The van der Waals surface area contributed by atoms with Gasteiger partial charge >= 0.3 is 6.18 Å². The normalized spacial score (nSPS) is 24.3. The van der Waals surface area contributed by atoms with E-state index in [0.29, 0.717) is 35.8 Å². The molecule has 0 spiro atoms. The van der Waals surface area contributed by atoms with Gasteiger partial charge in [0.1, 0.15) is 6.04 Å². The molecule has 0 aliphatic carbocycles. The molecule has 1 aromatic carbocycles. The van der Waals surface area contributed by atoms with Crippen molar-refractivity contribution in [3.63, 3.8) is 0 Å². The second-order valence-electron chi connectivity index (χ2n) is 5.91. The summed E-state index contributed by atoms with van der Waals surface area (Å²) >= 11 is 0. The molecule has 2 aliphatic heterocycles. The Bertz CT molecular complexity index is 605. The Balaban J connectivity index is 2.04. The zero-order valence-electron chi connectivity index (χ0n) is 12.9. The molecule has 2 N–H and O–H groups in total. The summed E-state index contributed by atoms with van der Waals surface area (Å²) in [6, 6.07) is 1.28. The predicted molar refractivity (Wildman–Crippen MR) is 74.0 cm³/mol. The fraction of sp³-hybridized carbons (Fsp3) is 0.600. The highest BCUT2D eigenvalue weighted by Gasteiger charge is 2.44. The van der Waals surface area contributed by atoms with Gasteiger partial charge in [0.15, 0.2) is 17.6 Å². The molecule has 5 nitrogen and oxygen atoms in total. The third-order valence-electron chi connectivity index (χ3n) is 4.52. The van der Waals surface area contributed by atoms with Crippen LogP contribution < -0.4 is 19.1 Å². The van der Waals surface area contributed by atoms with Crippen LogP contribution in [0.2, 0.25) is 0 Å². The van der Waals surface area contributed by atoms with Crippen molar-refractivity contribution in [3.05, 3.63) is 17.2 Å². The van der Waals surface area contributed by atoms with Gasteiger partial charge in [-0.1, -0.05) is 0 Å².